The lowest BCUT2D eigenvalue weighted by Gasteiger charge is -2.21. The van der Waals surface area contributed by atoms with Gasteiger partial charge in [0.2, 0.25) is 0 Å². The van der Waals surface area contributed by atoms with E-state index in [4.69, 9.17) is 4.74 Å². The number of Topliss-reactive ketones (excluding diaryl/α,β-unsaturated/α-hetero) is 1. The van der Waals surface area contributed by atoms with Crippen LogP contribution in [0.4, 0.5) is 0 Å². The molecular weight excluding hydrogens is 360 g/mol. The normalized spacial score (nSPS) is 17.0. The van der Waals surface area contributed by atoms with Gasteiger partial charge in [0.05, 0.1) is 12.7 Å². The molecule has 152 valence electrons. The minimum absolute atomic E-state index is 0.143. The number of carbonyl (C=O) groups is 2. The molecule has 0 fully saturated rings. The molecule has 0 radical (unpaired) electrons. The summed E-state index contributed by atoms with van der Waals surface area (Å²) in [5.41, 5.74) is 5.49. The molecule has 0 heterocycles. The second kappa shape index (κ2) is 10.2. The smallest absolute Gasteiger partial charge is 0.337 e. The lowest BCUT2D eigenvalue weighted by molar-refractivity contribution is -0.123. The Hall–Kier alpha value is -2.68. The minimum atomic E-state index is -0.329. The third kappa shape index (κ3) is 5.66. The molecule has 2 aromatic rings. The van der Waals surface area contributed by atoms with Crippen LogP contribution >= 0.6 is 0 Å². The van der Waals surface area contributed by atoms with E-state index in [9.17, 15) is 9.59 Å². The van der Waals surface area contributed by atoms with E-state index >= 15 is 0 Å². The standard InChI is InChI=1S/C26H30O3/c1-19(20-14-16-22(17-15-20)26(28)29-2)8-7-13-25(27)24-12-6-4-10-21-9-3-5-11-23(21)18-24/h3,5,8-9,11,14-17,24H,4,6-7,10,12-13,18H2,1-2H3/b19-8-/t24-/m1/s1. The molecule has 0 amide bonds. The van der Waals surface area contributed by atoms with Crippen LogP contribution in [0.2, 0.25) is 0 Å². The number of hydrogen-bond acceptors (Lipinski definition) is 3. The molecule has 29 heavy (non-hydrogen) atoms. The molecule has 1 aliphatic carbocycles. The van der Waals surface area contributed by atoms with Crippen LogP contribution in [0.1, 0.15) is 66.1 Å². The average molecular weight is 391 g/mol. The summed E-state index contributed by atoms with van der Waals surface area (Å²) in [5.74, 6) is 0.195. The van der Waals surface area contributed by atoms with E-state index in [1.165, 1.54) is 24.7 Å². The molecule has 0 aliphatic heterocycles. The lowest BCUT2D eigenvalue weighted by Crippen LogP contribution is -2.19. The zero-order valence-corrected chi connectivity index (χ0v) is 17.4. The van der Waals surface area contributed by atoms with E-state index in [2.05, 4.69) is 30.3 Å². The zero-order valence-electron chi connectivity index (χ0n) is 17.4. The van der Waals surface area contributed by atoms with Crippen LogP contribution < -0.4 is 0 Å². The number of carbonyl (C=O) groups excluding carboxylic acids is 2. The maximum absolute atomic E-state index is 12.9. The minimum Gasteiger partial charge on any atom is -0.465 e. The van der Waals surface area contributed by atoms with Crippen molar-refractivity contribution in [3.8, 4) is 0 Å². The Morgan fingerprint density at radius 2 is 1.69 bits per heavy atom. The Kier molecular flexibility index (Phi) is 7.40. The van der Waals surface area contributed by atoms with Crippen molar-refractivity contribution in [2.75, 3.05) is 7.11 Å². The van der Waals surface area contributed by atoms with Gasteiger partial charge in [-0.3, -0.25) is 4.79 Å². The third-order valence-corrected chi connectivity index (χ3v) is 5.89. The number of allylic oxidation sites excluding steroid dienone is 2. The molecule has 0 spiro atoms. The molecule has 0 saturated carbocycles. The van der Waals surface area contributed by atoms with Crippen LogP contribution in [0.15, 0.2) is 54.6 Å². The van der Waals surface area contributed by atoms with Crippen molar-refractivity contribution in [3.05, 3.63) is 76.9 Å². The maximum atomic E-state index is 12.9. The molecule has 0 N–H and O–H groups in total. The van der Waals surface area contributed by atoms with Crippen LogP contribution in [0.3, 0.4) is 0 Å². The topological polar surface area (TPSA) is 43.4 Å². The third-order valence-electron chi connectivity index (χ3n) is 5.89. The van der Waals surface area contributed by atoms with Gasteiger partial charge in [-0.15, -0.1) is 0 Å². The predicted molar refractivity (Wildman–Crippen MR) is 117 cm³/mol. The van der Waals surface area contributed by atoms with E-state index < -0.39 is 0 Å². The highest BCUT2D eigenvalue weighted by molar-refractivity contribution is 5.89. The van der Waals surface area contributed by atoms with Crippen LogP contribution in [-0.4, -0.2) is 18.9 Å². The van der Waals surface area contributed by atoms with Gasteiger partial charge in [-0.1, -0.05) is 48.9 Å². The summed E-state index contributed by atoms with van der Waals surface area (Å²) in [6.07, 6.45) is 8.78. The number of rotatable bonds is 6. The van der Waals surface area contributed by atoms with Gasteiger partial charge >= 0.3 is 5.97 Å². The SMILES string of the molecule is COC(=O)c1ccc(/C(C)=C\CCC(=O)[C@@H]2CCCCc3ccccc3C2)cc1. The Morgan fingerprint density at radius 1 is 1.00 bits per heavy atom. The van der Waals surface area contributed by atoms with Gasteiger partial charge in [-0.05, 0) is 73.4 Å². The highest BCUT2D eigenvalue weighted by Crippen LogP contribution is 2.26. The van der Waals surface area contributed by atoms with Gasteiger partial charge in [0.25, 0.3) is 0 Å². The molecular formula is C26H30O3. The van der Waals surface area contributed by atoms with Crippen LogP contribution in [0, 0.1) is 5.92 Å². The Labute approximate surface area is 173 Å². The highest BCUT2D eigenvalue weighted by Gasteiger charge is 2.21. The van der Waals surface area contributed by atoms with Gasteiger partial charge in [0.15, 0.2) is 0 Å². The molecule has 0 unspecified atom stereocenters. The first kappa shape index (κ1) is 21.0. The fraction of sp³-hybridized carbons (Fsp3) is 0.385. The van der Waals surface area contributed by atoms with Gasteiger partial charge in [0.1, 0.15) is 5.78 Å². The molecule has 0 aromatic heterocycles. The summed E-state index contributed by atoms with van der Waals surface area (Å²) >= 11 is 0. The zero-order chi connectivity index (χ0) is 20.6. The Balaban J connectivity index is 1.58. The van der Waals surface area contributed by atoms with Crippen molar-refractivity contribution in [2.24, 2.45) is 5.92 Å². The first-order valence-electron chi connectivity index (χ1n) is 10.5. The van der Waals surface area contributed by atoms with Gasteiger partial charge in [0, 0.05) is 12.3 Å². The number of ether oxygens (including phenoxy) is 1. The van der Waals surface area contributed by atoms with Crippen LogP contribution in [0.25, 0.3) is 5.57 Å². The fourth-order valence-electron chi connectivity index (χ4n) is 4.09. The fourth-order valence-corrected chi connectivity index (χ4v) is 4.09. The van der Waals surface area contributed by atoms with Crippen LogP contribution in [-0.2, 0) is 22.4 Å². The number of fused-ring (bicyclic) bond motifs is 1. The first-order chi connectivity index (χ1) is 14.1. The summed E-state index contributed by atoms with van der Waals surface area (Å²) in [5, 5.41) is 0. The Bertz CT molecular complexity index is 877. The van der Waals surface area contributed by atoms with Crippen LogP contribution in [0.5, 0.6) is 0 Å². The van der Waals surface area contributed by atoms with Crippen molar-refractivity contribution in [1.29, 1.82) is 0 Å². The van der Waals surface area contributed by atoms with E-state index in [0.29, 0.717) is 17.8 Å². The molecule has 1 aliphatic rings. The van der Waals surface area contributed by atoms with E-state index in [1.54, 1.807) is 12.1 Å². The van der Waals surface area contributed by atoms with Gasteiger partial charge < -0.3 is 4.74 Å². The van der Waals surface area contributed by atoms with E-state index in [-0.39, 0.29) is 11.9 Å². The largest absolute Gasteiger partial charge is 0.465 e. The Morgan fingerprint density at radius 3 is 2.41 bits per heavy atom. The molecule has 3 nitrogen and oxygen atoms in total. The second-order valence-electron chi connectivity index (χ2n) is 7.88. The van der Waals surface area contributed by atoms with E-state index in [0.717, 1.165) is 43.2 Å². The molecule has 0 saturated heterocycles. The number of hydrogen-bond donors (Lipinski definition) is 0. The quantitative estimate of drug-likeness (QED) is 0.585. The first-order valence-corrected chi connectivity index (χ1v) is 10.5. The van der Waals surface area contributed by atoms with Gasteiger partial charge in [-0.2, -0.15) is 0 Å². The second-order valence-corrected chi connectivity index (χ2v) is 7.88. The molecule has 1 atom stereocenters. The number of methoxy groups -OCH3 is 1. The summed E-state index contributed by atoms with van der Waals surface area (Å²) in [7, 11) is 1.38. The summed E-state index contributed by atoms with van der Waals surface area (Å²) in [4.78, 5) is 24.4. The van der Waals surface area contributed by atoms with Crippen molar-refractivity contribution >= 4 is 17.3 Å². The average Bonchev–Trinajstić information content (AvgIpc) is 2.73. The summed E-state index contributed by atoms with van der Waals surface area (Å²) < 4.78 is 4.73. The van der Waals surface area contributed by atoms with Crippen molar-refractivity contribution in [2.45, 2.75) is 51.9 Å². The van der Waals surface area contributed by atoms with E-state index in [1.807, 2.05) is 19.1 Å². The monoisotopic (exact) mass is 390 g/mol. The van der Waals surface area contributed by atoms with Crippen molar-refractivity contribution in [1.82, 2.24) is 0 Å². The number of ketones is 1. The summed E-state index contributed by atoms with van der Waals surface area (Å²) in [6.45, 7) is 2.05. The van der Waals surface area contributed by atoms with Crippen molar-refractivity contribution < 1.29 is 14.3 Å². The number of aryl methyl sites for hydroxylation is 1. The molecule has 3 rings (SSSR count). The molecule has 3 heteroatoms. The highest BCUT2D eigenvalue weighted by atomic mass is 16.5. The van der Waals surface area contributed by atoms with Gasteiger partial charge in [-0.25, -0.2) is 4.79 Å². The maximum Gasteiger partial charge on any atom is 0.337 e. The predicted octanol–water partition coefficient (Wildman–Crippen LogP) is 5.81. The number of benzene rings is 2. The summed E-state index contributed by atoms with van der Waals surface area (Å²) in [6, 6.07) is 16.0. The molecule has 2 aromatic carbocycles. The lowest BCUT2D eigenvalue weighted by atomic mass is 9.83. The number of esters is 1. The molecule has 0 bridgehead atoms. The van der Waals surface area contributed by atoms with Crippen molar-refractivity contribution in [3.63, 3.8) is 0 Å².